The molecule has 1 aliphatic rings. The zero-order chi connectivity index (χ0) is 15.1. The molecule has 0 saturated carbocycles. The Morgan fingerprint density at radius 3 is 2.00 bits per heavy atom. The first-order valence-electron chi connectivity index (χ1n) is 6.85. The molecule has 0 aromatic carbocycles. The van der Waals surface area contributed by atoms with E-state index in [1.54, 1.807) is 0 Å². The molecule has 0 aromatic rings. The van der Waals surface area contributed by atoms with Gasteiger partial charge in [-0.1, -0.05) is 73.9 Å². The van der Waals surface area contributed by atoms with Crippen LogP contribution in [0.5, 0.6) is 0 Å². The standard InChI is InChI=1S/C20H24/c1-15(2)7-10-17(4)18(5)11-12-19(6)20-13-8-16(3)9-14-20/h7-8,10-13H,1,4-6,9,14H2,2-3H3/b10-7-,12-11-. The summed E-state index contributed by atoms with van der Waals surface area (Å²) in [4.78, 5) is 0. The summed E-state index contributed by atoms with van der Waals surface area (Å²) in [5.74, 6) is 0. The highest BCUT2D eigenvalue weighted by molar-refractivity contribution is 5.49. The van der Waals surface area contributed by atoms with Crippen LogP contribution < -0.4 is 0 Å². The summed E-state index contributed by atoms with van der Waals surface area (Å²) < 4.78 is 0. The summed E-state index contributed by atoms with van der Waals surface area (Å²) in [6.07, 6.45) is 14.4. The van der Waals surface area contributed by atoms with E-state index in [4.69, 9.17) is 0 Å². The van der Waals surface area contributed by atoms with Gasteiger partial charge in [-0.25, -0.2) is 0 Å². The second-order valence-corrected chi connectivity index (χ2v) is 5.29. The molecule has 0 heteroatoms. The number of hydrogen-bond acceptors (Lipinski definition) is 0. The maximum atomic E-state index is 4.12. The van der Waals surface area contributed by atoms with Crippen LogP contribution in [-0.2, 0) is 0 Å². The van der Waals surface area contributed by atoms with Crippen molar-refractivity contribution >= 4 is 0 Å². The second-order valence-electron chi connectivity index (χ2n) is 5.29. The summed E-state index contributed by atoms with van der Waals surface area (Å²) in [6.45, 7) is 20.1. The van der Waals surface area contributed by atoms with Crippen LogP contribution in [0.3, 0.4) is 0 Å². The molecule has 0 spiro atoms. The van der Waals surface area contributed by atoms with Crippen LogP contribution in [0.4, 0.5) is 0 Å². The van der Waals surface area contributed by atoms with Crippen molar-refractivity contribution in [3.8, 4) is 0 Å². The average Bonchev–Trinajstić information content (AvgIpc) is 2.42. The van der Waals surface area contributed by atoms with Gasteiger partial charge in [0.25, 0.3) is 0 Å². The minimum atomic E-state index is 0.894. The summed E-state index contributed by atoms with van der Waals surface area (Å²) in [5.41, 5.74) is 6.56. The van der Waals surface area contributed by atoms with E-state index in [1.807, 2.05) is 31.2 Å². The lowest BCUT2D eigenvalue weighted by Gasteiger charge is -2.12. The molecule has 0 atom stereocenters. The summed E-state index contributed by atoms with van der Waals surface area (Å²) in [7, 11) is 0. The largest absolute Gasteiger partial charge is 0.0961 e. The lowest BCUT2D eigenvalue weighted by Crippen LogP contribution is -1.92. The third-order valence-electron chi connectivity index (χ3n) is 3.24. The van der Waals surface area contributed by atoms with E-state index in [-0.39, 0.29) is 0 Å². The van der Waals surface area contributed by atoms with Crippen molar-refractivity contribution in [2.24, 2.45) is 0 Å². The second kappa shape index (κ2) is 7.49. The summed E-state index contributed by atoms with van der Waals surface area (Å²) in [6, 6.07) is 0. The summed E-state index contributed by atoms with van der Waals surface area (Å²) in [5, 5.41) is 0. The molecular weight excluding hydrogens is 240 g/mol. The average molecular weight is 264 g/mol. The van der Waals surface area contributed by atoms with Gasteiger partial charge in [0.05, 0.1) is 0 Å². The van der Waals surface area contributed by atoms with Crippen molar-refractivity contribution in [2.75, 3.05) is 0 Å². The lowest BCUT2D eigenvalue weighted by molar-refractivity contribution is 0.919. The molecule has 0 bridgehead atoms. The third-order valence-corrected chi connectivity index (χ3v) is 3.24. The van der Waals surface area contributed by atoms with Gasteiger partial charge < -0.3 is 0 Å². The first-order valence-corrected chi connectivity index (χ1v) is 6.85. The highest BCUT2D eigenvalue weighted by Gasteiger charge is 2.04. The Labute approximate surface area is 123 Å². The molecule has 0 N–H and O–H groups in total. The normalized spacial score (nSPS) is 15.1. The minimum Gasteiger partial charge on any atom is -0.0961 e. The van der Waals surface area contributed by atoms with Crippen LogP contribution in [-0.4, -0.2) is 0 Å². The molecule has 0 radical (unpaired) electrons. The smallest absolute Gasteiger partial charge is 0.0236 e. The number of allylic oxidation sites excluding steroid dienone is 12. The number of rotatable bonds is 6. The molecule has 0 aromatic heterocycles. The molecule has 1 aliphatic carbocycles. The molecule has 20 heavy (non-hydrogen) atoms. The highest BCUT2D eigenvalue weighted by Crippen LogP contribution is 2.24. The SMILES string of the molecule is C=C(C)/C=C\C(=C)C(=C)/C=C\C(=C)C1=CC=C(C)CC1. The van der Waals surface area contributed by atoms with Crippen molar-refractivity contribution in [3.63, 3.8) is 0 Å². The van der Waals surface area contributed by atoms with Crippen molar-refractivity contribution < 1.29 is 0 Å². The van der Waals surface area contributed by atoms with Crippen LogP contribution in [0, 0.1) is 0 Å². The van der Waals surface area contributed by atoms with E-state index in [1.165, 1.54) is 11.1 Å². The van der Waals surface area contributed by atoms with Crippen LogP contribution in [0.2, 0.25) is 0 Å². The molecule has 0 unspecified atom stereocenters. The monoisotopic (exact) mass is 264 g/mol. The molecule has 0 heterocycles. The van der Waals surface area contributed by atoms with Crippen molar-refractivity contribution in [1.82, 2.24) is 0 Å². The first kappa shape index (κ1) is 16.0. The predicted molar refractivity (Wildman–Crippen MR) is 91.6 cm³/mol. The van der Waals surface area contributed by atoms with Gasteiger partial charge in [0, 0.05) is 0 Å². The summed E-state index contributed by atoms with van der Waals surface area (Å²) >= 11 is 0. The Hall–Kier alpha value is -2.08. The van der Waals surface area contributed by atoms with E-state index in [0.29, 0.717) is 0 Å². The zero-order valence-electron chi connectivity index (χ0n) is 12.7. The number of hydrogen-bond donors (Lipinski definition) is 0. The molecular formula is C20H24. The van der Waals surface area contributed by atoms with Crippen LogP contribution in [0.15, 0.2) is 96.2 Å². The first-order chi connectivity index (χ1) is 9.40. The van der Waals surface area contributed by atoms with Gasteiger partial charge in [0.1, 0.15) is 0 Å². The fourth-order valence-electron chi connectivity index (χ4n) is 1.77. The van der Waals surface area contributed by atoms with Gasteiger partial charge in [-0.3, -0.25) is 0 Å². The zero-order valence-corrected chi connectivity index (χ0v) is 12.7. The predicted octanol–water partition coefficient (Wildman–Crippen LogP) is 6.01. The van der Waals surface area contributed by atoms with Crippen LogP contribution in [0.25, 0.3) is 0 Å². The van der Waals surface area contributed by atoms with E-state index < -0.39 is 0 Å². The molecule has 104 valence electrons. The Morgan fingerprint density at radius 2 is 1.50 bits per heavy atom. The Morgan fingerprint density at radius 1 is 0.900 bits per heavy atom. The lowest BCUT2D eigenvalue weighted by atomic mass is 9.94. The topological polar surface area (TPSA) is 0 Å². The van der Waals surface area contributed by atoms with E-state index >= 15 is 0 Å². The molecule has 1 rings (SSSR count). The van der Waals surface area contributed by atoms with E-state index in [9.17, 15) is 0 Å². The fraction of sp³-hybridized carbons (Fsp3) is 0.200. The maximum absolute atomic E-state index is 4.12. The van der Waals surface area contributed by atoms with Crippen molar-refractivity contribution in [1.29, 1.82) is 0 Å². The Bertz CT molecular complexity index is 557. The van der Waals surface area contributed by atoms with E-state index in [0.717, 1.165) is 35.1 Å². The maximum Gasteiger partial charge on any atom is -0.0236 e. The van der Waals surface area contributed by atoms with Crippen molar-refractivity contribution in [3.05, 3.63) is 96.2 Å². The third kappa shape index (κ3) is 5.27. The molecule has 0 fully saturated rings. The molecule has 0 nitrogen and oxygen atoms in total. The van der Waals surface area contributed by atoms with Gasteiger partial charge in [0.15, 0.2) is 0 Å². The van der Waals surface area contributed by atoms with Gasteiger partial charge in [-0.2, -0.15) is 0 Å². The van der Waals surface area contributed by atoms with Gasteiger partial charge in [-0.05, 0) is 49.0 Å². The van der Waals surface area contributed by atoms with Crippen LogP contribution >= 0.6 is 0 Å². The Kier molecular flexibility index (Phi) is 5.99. The van der Waals surface area contributed by atoms with Crippen LogP contribution in [0.1, 0.15) is 26.7 Å². The Balaban J connectivity index is 2.64. The van der Waals surface area contributed by atoms with Gasteiger partial charge >= 0.3 is 0 Å². The van der Waals surface area contributed by atoms with Crippen molar-refractivity contribution in [2.45, 2.75) is 26.7 Å². The van der Waals surface area contributed by atoms with Gasteiger partial charge in [-0.15, -0.1) is 0 Å². The van der Waals surface area contributed by atoms with Gasteiger partial charge in [0.2, 0.25) is 0 Å². The fourth-order valence-corrected chi connectivity index (χ4v) is 1.77. The molecule has 0 aliphatic heterocycles. The highest BCUT2D eigenvalue weighted by atomic mass is 14.1. The molecule has 0 amide bonds. The molecule has 0 saturated heterocycles. The van der Waals surface area contributed by atoms with E-state index in [2.05, 4.69) is 45.4 Å². The minimum absolute atomic E-state index is 0.894. The quantitative estimate of drug-likeness (QED) is 0.515.